The summed E-state index contributed by atoms with van der Waals surface area (Å²) in [4.78, 5) is 8.30. The quantitative estimate of drug-likeness (QED) is 0.807. The fourth-order valence-corrected chi connectivity index (χ4v) is 1.53. The molecule has 0 aliphatic carbocycles. The minimum absolute atomic E-state index is 0.745. The first kappa shape index (κ1) is 8.19. The van der Waals surface area contributed by atoms with Gasteiger partial charge in [0, 0.05) is 17.8 Å². The Bertz CT molecular complexity index is 344. The van der Waals surface area contributed by atoms with Crippen molar-refractivity contribution in [2.45, 2.75) is 6.54 Å². The molecule has 0 unspecified atom stereocenters. The van der Waals surface area contributed by atoms with Crippen LogP contribution in [0.1, 0.15) is 5.01 Å². The third kappa shape index (κ3) is 2.26. The molecule has 0 aliphatic rings. The van der Waals surface area contributed by atoms with Gasteiger partial charge in [-0.3, -0.25) is 0 Å². The maximum absolute atomic E-state index is 4.16. The van der Waals surface area contributed by atoms with Gasteiger partial charge in [-0.1, -0.05) is 6.07 Å². The van der Waals surface area contributed by atoms with Gasteiger partial charge in [-0.25, -0.2) is 9.97 Å². The van der Waals surface area contributed by atoms with Gasteiger partial charge in [0.15, 0.2) is 0 Å². The van der Waals surface area contributed by atoms with E-state index in [1.807, 2.05) is 23.6 Å². The van der Waals surface area contributed by atoms with Crippen LogP contribution < -0.4 is 5.32 Å². The van der Waals surface area contributed by atoms with Gasteiger partial charge in [0.05, 0.1) is 6.54 Å². The largest absolute Gasteiger partial charge is 0.364 e. The Kier molecular flexibility index (Phi) is 2.52. The molecule has 66 valence electrons. The number of hydrogen-bond donors (Lipinski definition) is 1. The average Bonchev–Trinajstić information content (AvgIpc) is 2.69. The Hall–Kier alpha value is -1.42. The minimum atomic E-state index is 0.745. The van der Waals surface area contributed by atoms with Crippen molar-refractivity contribution in [2.24, 2.45) is 0 Å². The van der Waals surface area contributed by atoms with Gasteiger partial charge in [0.2, 0.25) is 0 Å². The number of nitrogens with zero attached hydrogens (tertiary/aromatic N) is 2. The van der Waals surface area contributed by atoms with Crippen LogP contribution in [0, 0.1) is 0 Å². The maximum atomic E-state index is 4.16. The molecule has 0 spiro atoms. The molecule has 2 rings (SSSR count). The second-order valence-electron chi connectivity index (χ2n) is 2.49. The molecular weight excluding hydrogens is 182 g/mol. The lowest BCUT2D eigenvalue weighted by molar-refractivity contribution is 1.08. The monoisotopic (exact) mass is 191 g/mol. The van der Waals surface area contributed by atoms with Crippen LogP contribution in [0.4, 0.5) is 5.82 Å². The molecule has 13 heavy (non-hydrogen) atoms. The van der Waals surface area contributed by atoms with Crippen LogP contribution in [0.5, 0.6) is 0 Å². The van der Waals surface area contributed by atoms with E-state index >= 15 is 0 Å². The smallest absolute Gasteiger partial charge is 0.126 e. The van der Waals surface area contributed by atoms with E-state index in [2.05, 4.69) is 15.3 Å². The van der Waals surface area contributed by atoms with Crippen LogP contribution in [0.15, 0.2) is 36.0 Å². The second-order valence-corrected chi connectivity index (χ2v) is 3.47. The number of pyridine rings is 1. The van der Waals surface area contributed by atoms with Gasteiger partial charge < -0.3 is 5.32 Å². The number of aromatic nitrogens is 2. The van der Waals surface area contributed by atoms with Crippen molar-refractivity contribution in [3.05, 3.63) is 41.0 Å². The van der Waals surface area contributed by atoms with Gasteiger partial charge >= 0.3 is 0 Å². The topological polar surface area (TPSA) is 37.8 Å². The van der Waals surface area contributed by atoms with Crippen molar-refractivity contribution in [3.8, 4) is 0 Å². The average molecular weight is 191 g/mol. The van der Waals surface area contributed by atoms with Crippen LogP contribution in [0.25, 0.3) is 0 Å². The molecule has 0 aromatic carbocycles. The molecule has 0 saturated carbocycles. The Balaban J connectivity index is 1.94. The van der Waals surface area contributed by atoms with Crippen LogP contribution in [0.2, 0.25) is 0 Å². The first-order chi connectivity index (χ1) is 6.45. The summed E-state index contributed by atoms with van der Waals surface area (Å²) in [5.41, 5.74) is 0. The Morgan fingerprint density at radius 2 is 2.23 bits per heavy atom. The van der Waals surface area contributed by atoms with E-state index in [1.165, 1.54) is 0 Å². The first-order valence-corrected chi connectivity index (χ1v) is 4.86. The maximum Gasteiger partial charge on any atom is 0.126 e. The van der Waals surface area contributed by atoms with E-state index in [4.69, 9.17) is 0 Å². The zero-order valence-corrected chi connectivity index (χ0v) is 7.79. The Morgan fingerprint density at radius 3 is 2.92 bits per heavy atom. The van der Waals surface area contributed by atoms with Crippen molar-refractivity contribution < 1.29 is 0 Å². The molecule has 0 fully saturated rings. The first-order valence-electron chi connectivity index (χ1n) is 3.98. The summed E-state index contributed by atoms with van der Waals surface area (Å²) >= 11 is 1.64. The number of rotatable bonds is 3. The SMILES string of the molecule is c1ccc(NCc2nccs2)nc1. The van der Waals surface area contributed by atoms with Crippen LogP contribution in [-0.2, 0) is 6.54 Å². The fraction of sp³-hybridized carbons (Fsp3) is 0.111. The Labute approximate surface area is 80.5 Å². The van der Waals surface area contributed by atoms with Gasteiger partial charge in [-0.2, -0.15) is 0 Å². The number of nitrogens with one attached hydrogen (secondary N) is 1. The number of anilines is 1. The van der Waals surface area contributed by atoms with E-state index in [9.17, 15) is 0 Å². The zero-order valence-electron chi connectivity index (χ0n) is 6.97. The van der Waals surface area contributed by atoms with E-state index in [0.29, 0.717) is 0 Å². The normalized spacial score (nSPS) is 9.85. The van der Waals surface area contributed by atoms with E-state index < -0.39 is 0 Å². The highest BCUT2D eigenvalue weighted by atomic mass is 32.1. The zero-order chi connectivity index (χ0) is 8.93. The number of hydrogen-bond acceptors (Lipinski definition) is 4. The standard InChI is InChI=1S/C9H9N3S/c1-2-4-10-8(3-1)12-7-9-11-5-6-13-9/h1-6H,7H2,(H,10,12). The summed E-state index contributed by atoms with van der Waals surface area (Å²) in [6.07, 6.45) is 3.57. The van der Waals surface area contributed by atoms with Gasteiger partial charge in [0.1, 0.15) is 10.8 Å². The Morgan fingerprint density at radius 1 is 1.23 bits per heavy atom. The van der Waals surface area contributed by atoms with Crippen molar-refractivity contribution in [1.29, 1.82) is 0 Å². The van der Waals surface area contributed by atoms with Crippen LogP contribution in [-0.4, -0.2) is 9.97 Å². The van der Waals surface area contributed by atoms with Crippen molar-refractivity contribution in [1.82, 2.24) is 9.97 Å². The summed E-state index contributed by atoms with van der Waals surface area (Å²) in [6, 6.07) is 5.79. The molecule has 2 aromatic heterocycles. The number of thiazole rings is 1. The summed E-state index contributed by atoms with van der Waals surface area (Å²) < 4.78 is 0. The molecule has 0 radical (unpaired) electrons. The van der Waals surface area contributed by atoms with E-state index in [-0.39, 0.29) is 0 Å². The van der Waals surface area contributed by atoms with Gasteiger partial charge in [0.25, 0.3) is 0 Å². The summed E-state index contributed by atoms with van der Waals surface area (Å²) in [5, 5.41) is 6.23. The van der Waals surface area contributed by atoms with Crippen LogP contribution in [0.3, 0.4) is 0 Å². The summed E-state index contributed by atoms with van der Waals surface area (Å²) in [7, 11) is 0. The molecular formula is C9H9N3S. The summed E-state index contributed by atoms with van der Waals surface area (Å²) in [5.74, 6) is 0.887. The van der Waals surface area contributed by atoms with Crippen molar-refractivity contribution in [2.75, 3.05) is 5.32 Å². The van der Waals surface area contributed by atoms with Crippen molar-refractivity contribution in [3.63, 3.8) is 0 Å². The van der Waals surface area contributed by atoms with Crippen molar-refractivity contribution >= 4 is 17.2 Å². The highest BCUT2D eigenvalue weighted by Crippen LogP contribution is 2.07. The third-order valence-corrected chi connectivity index (χ3v) is 2.35. The molecule has 1 N–H and O–H groups in total. The molecule has 0 bridgehead atoms. The third-order valence-electron chi connectivity index (χ3n) is 1.57. The van der Waals surface area contributed by atoms with Gasteiger partial charge in [-0.05, 0) is 12.1 Å². The predicted molar refractivity (Wildman–Crippen MR) is 53.7 cm³/mol. The lowest BCUT2D eigenvalue weighted by Gasteiger charge is -2.00. The molecule has 2 aromatic rings. The van der Waals surface area contributed by atoms with Crippen LogP contribution >= 0.6 is 11.3 Å². The van der Waals surface area contributed by atoms with Gasteiger partial charge in [-0.15, -0.1) is 11.3 Å². The molecule has 0 atom stereocenters. The molecule has 3 nitrogen and oxygen atoms in total. The molecule has 0 aliphatic heterocycles. The lowest BCUT2D eigenvalue weighted by atomic mass is 10.4. The molecule has 2 heterocycles. The molecule has 4 heteroatoms. The molecule has 0 amide bonds. The highest BCUT2D eigenvalue weighted by molar-refractivity contribution is 7.09. The second kappa shape index (κ2) is 4.00. The highest BCUT2D eigenvalue weighted by Gasteiger charge is 1.94. The van der Waals surface area contributed by atoms with E-state index in [1.54, 1.807) is 23.7 Å². The molecule has 0 saturated heterocycles. The lowest BCUT2D eigenvalue weighted by Crippen LogP contribution is -1.99. The minimum Gasteiger partial charge on any atom is -0.364 e. The fourth-order valence-electron chi connectivity index (χ4n) is 0.974. The van der Waals surface area contributed by atoms with E-state index in [0.717, 1.165) is 17.4 Å². The summed E-state index contributed by atoms with van der Waals surface area (Å²) in [6.45, 7) is 0.745. The predicted octanol–water partition coefficient (Wildman–Crippen LogP) is 2.15.